The van der Waals surface area contributed by atoms with Crippen LogP contribution in [0.25, 0.3) is 16.7 Å². The number of carbonyl (C=O) groups excluding carboxylic acids is 1. The summed E-state index contributed by atoms with van der Waals surface area (Å²) >= 11 is 4.67. The first kappa shape index (κ1) is 18.7. The molecule has 0 aliphatic rings. The van der Waals surface area contributed by atoms with Gasteiger partial charge in [-0.25, -0.2) is 0 Å². The number of nitrogens with zero attached hydrogens (tertiary/aromatic N) is 4. The number of aromatic nitrogens is 4. The number of benzene rings is 2. The Morgan fingerprint density at radius 3 is 2.61 bits per heavy atom. The molecule has 7 nitrogen and oxygen atoms in total. The van der Waals surface area contributed by atoms with Gasteiger partial charge in [-0.2, -0.15) is 0 Å². The molecule has 2 heterocycles. The highest BCUT2D eigenvalue weighted by molar-refractivity contribution is 9.10. The number of thioether (sulfide) groups is 1. The Labute approximate surface area is 172 Å². The lowest BCUT2D eigenvalue weighted by molar-refractivity contribution is -0.115. The number of hydrogen-bond acceptors (Lipinski definition) is 5. The zero-order valence-electron chi connectivity index (χ0n) is 15.1. The second-order valence-corrected chi connectivity index (χ2v) is 8.48. The van der Waals surface area contributed by atoms with Gasteiger partial charge in [0.1, 0.15) is 0 Å². The van der Waals surface area contributed by atoms with Crippen LogP contribution in [0.15, 0.2) is 63.0 Å². The van der Waals surface area contributed by atoms with E-state index in [0.717, 1.165) is 10.2 Å². The summed E-state index contributed by atoms with van der Waals surface area (Å²) in [5.74, 6) is 0.296. The van der Waals surface area contributed by atoms with E-state index in [0.29, 0.717) is 21.8 Å². The van der Waals surface area contributed by atoms with Crippen molar-refractivity contribution in [3.63, 3.8) is 0 Å². The summed E-state index contributed by atoms with van der Waals surface area (Å²) in [6, 6.07) is 14.7. The van der Waals surface area contributed by atoms with Gasteiger partial charge >= 0.3 is 0 Å². The number of fused-ring (bicyclic) bond motifs is 3. The number of carbonyl (C=O) groups is 1. The van der Waals surface area contributed by atoms with Gasteiger partial charge in [0.2, 0.25) is 11.7 Å². The number of nitrogens with one attached hydrogen (secondary N) is 1. The van der Waals surface area contributed by atoms with Crippen molar-refractivity contribution >= 4 is 56.0 Å². The largest absolute Gasteiger partial charge is 0.325 e. The molecule has 9 heteroatoms. The van der Waals surface area contributed by atoms with Crippen LogP contribution in [-0.2, 0) is 11.8 Å². The number of rotatable bonds is 4. The minimum atomic E-state index is -0.410. The number of amides is 1. The van der Waals surface area contributed by atoms with Crippen LogP contribution in [0.5, 0.6) is 0 Å². The molecule has 142 valence electrons. The highest BCUT2D eigenvalue weighted by Gasteiger charge is 2.20. The van der Waals surface area contributed by atoms with Crippen LogP contribution in [0.3, 0.4) is 0 Å². The molecule has 0 saturated carbocycles. The van der Waals surface area contributed by atoms with E-state index >= 15 is 0 Å². The third-order valence-electron chi connectivity index (χ3n) is 4.36. The van der Waals surface area contributed by atoms with Crippen LogP contribution in [0.4, 0.5) is 5.69 Å². The molecule has 0 aliphatic carbocycles. The van der Waals surface area contributed by atoms with Gasteiger partial charge in [-0.05, 0) is 43.3 Å². The van der Waals surface area contributed by atoms with Crippen LogP contribution < -0.4 is 10.9 Å². The summed E-state index contributed by atoms with van der Waals surface area (Å²) in [7, 11) is 1.66. The van der Waals surface area contributed by atoms with Gasteiger partial charge in [0.15, 0.2) is 5.16 Å². The monoisotopic (exact) mass is 457 g/mol. The Balaban J connectivity index is 1.67. The molecular formula is C19H16BrN5O2S. The van der Waals surface area contributed by atoms with Gasteiger partial charge in [0, 0.05) is 17.2 Å². The average Bonchev–Trinajstić information content (AvgIpc) is 3.11. The zero-order chi connectivity index (χ0) is 19.8. The molecule has 2 aromatic heterocycles. The Morgan fingerprint density at radius 1 is 1.14 bits per heavy atom. The van der Waals surface area contributed by atoms with E-state index in [2.05, 4.69) is 31.4 Å². The Hall–Kier alpha value is -2.65. The summed E-state index contributed by atoms with van der Waals surface area (Å²) in [5, 5.41) is 12.0. The smallest absolute Gasteiger partial charge is 0.262 e. The van der Waals surface area contributed by atoms with Crippen molar-refractivity contribution in [1.82, 2.24) is 19.2 Å². The quantitative estimate of drug-likeness (QED) is 0.474. The van der Waals surface area contributed by atoms with Crippen molar-refractivity contribution in [2.75, 3.05) is 5.32 Å². The molecule has 28 heavy (non-hydrogen) atoms. The van der Waals surface area contributed by atoms with Crippen LogP contribution in [0.2, 0.25) is 0 Å². The third kappa shape index (κ3) is 3.31. The van der Waals surface area contributed by atoms with E-state index in [1.54, 1.807) is 13.1 Å². The molecule has 4 rings (SSSR count). The Bertz CT molecular complexity index is 1250. The predicted octanol–water partition coefficient (Wildman–Crippen LogP) is 3.46. The number of hydrogen-bond donors (Lipinski definition) is 1. The molecule has 1 amide bonds. The molecule has 4 aromatic rings. The fourth-order valence-corrected chi connectivity index (χ4v) is 4.00. The maximum atomic E-state index is 12.6. The topological polar surface area (TPSA) is 81.3 Å². The summed E-state index contributed by atoms with van der Waals surface area (Å²) in [6.07, 6.45) is 0. The summed E-state index contributed by atoms with van der Waals surface area (Å²) in [5.41, 5.74) is 1.31. The lowest BCUT2D eigenvalue weighted by Gasteiger charge is -2.12. The van der Waals surface area contributed by atoms with Crippen LogP contribution in [0.1, 0.15) is 6.92 Å². The molecule has 2 aromatic carbocycles. The minimum Gasteiger partial charge on any atom is -0.325 e. The zero-order valence-corrected chi connectivity index (χ0v) is 17.5. The van der Waals surface area contributed by atoms with Gasteiger partial charge < -0.3 is 5.32 Å². The fourth-order valence-electron chi connectivity index (χ4n) is 2.88. The fraction of sp³-hybridized carbons (Fsp3) is 0.158. The second-order valence-electron chi connectivity index (χ2n) is 6.26. The summed E-state index contributed by atoms with van der Waals surface area (Å²) in [4.78, 5) is 25.1. The third-order valence-corrected chi connectivity index (χ3v) is 5.93. The molecule has 0 fully saturated rings. The van der Waals surface area contributed by atoms with Crippen LogP contribution in [0, 0.1) is 0 Å². The molecule has 0 bridgehead atoms. The van der Waals surface area contributed by atoms with E-state index in [-0.39, 0.29) is 11.5 Å². The molecule has 0 saturated heterocycles. The lowest BCUT2D eigenvalue weighted by Crippen LogP contribution is -2.23. The standard InChI is InChI=1S/C19H16BrN5O2S/c1-11(16(26)21-13-9-7-12(20)8-10-13)28-19-23-22-18-24(2)17(27)14-5-3-4-6-15(14)25(18)19/h3-11H,1-2H3,(H,21,26). The maximum absolute atomic E-state index is 12.6. The molecule has 1 unspecified atom stereocenters. The maximum Gasteiger partial charge on any atom is 0.262 e. The van der Waals surface area contributed by atoms with Crippen molar-refractivity contribution in [2.45, 2.75) is 17.3 Å². The van der Waals surface area contributed by atoms with Gasteiger partial charge in [-0.3, -0.25) is 18.6 Å². The van der Waals surface area contributed by atoms with Gasteiger partial charge in [-0.15, -0.1) is 10.2 Å². The van der Waals surface area contributed by atoms with Crippen molar-refractivity contribution in [3.8, 4) is 0 Å². The van der Waals surface area contributed by atoms with Crippen molar-refractivity contribution in [1.29, 1.82) is 0 Å². The number of aryl methyl sites for hydroxylation is 1. The molecule has 0 spiro atoms. The van der Waals surface area contributed by atoms with E-state index in [9.17, 15) is 9.59 Å². The number of halogens is 1. The summed E-state index contributed by atoms with van der Waals surface area (Å²) in [6.45, 7) is 1.81. The van der Waals surface area contributed by atoms with Gasteiger partial charge in [0.25, 0.3) is 5.56 Å². The minimum absolute atomic E-state index is 0.131. The SMILES string of the molecule is CC(Sc1nnc2n(C)c(=O)c3ccccc3n12)C(=O)Nc1ccc(Br)cc1. The highest BCUT2D eigenvalue weighted by atomic mass is 79.9. The van der Waals surface area contributed by atoms with E-state index < -0.39 is 5.25 Å². The first-order valence-electron chi connectivity index (χ1n) is 8.51. The molecular weight excluding hydrogens is 442 g/mol. The van der Waals surface area contributed by atoms with E-state index in [1.165, 1.54) is 16.3 Å². The Kier molecular flexibility index (Phi) is 4.94. The van der Waals surface area contributed by atoms with Gasteiger partial charge in [0.05, 0.1) is 16.2 Å². The molecule has 0 radical (unpaired) electrons. The van der Waals surface area contributed by atoms with Crippen molar-refractivity contribution in [3.05, 3.63) is 63.4 Å². The first-order valence-corrected chi connectivity index (χ1v) is 10.2. The van der Waals surface area contributed by atoms with Crippen molar-refractivity contribution in [2.24, 2.45) is 7.05 Å². The predicted molar refractivity (Wildman–Crippen MR) is 114 cm³/mol. The second kappa shape index (κ2) is 7.40. The van der Waals surface area contributed by atoms with Crippen molar-refractivity contribution < 1.29 is 4.79 Å². The first-order chi connectivity index (χ1) is 13.5. The average molecular weight is 458 g/mol. The van der Waals surface area contributed by atoms with E-state index in [4.69, 9.17) is 0 Å². The van der Waals surface area contributed by atoms with Crippen LogP contribution >= 0.6 is 27.7 Å². The van der Waals surface area contributed by atoms with Crippen LogP contribution in [-0.4, -0.2) is 30.3 Å². The number of anilines is 1. The van der Waals surface area contributed by atoms with Gasteiger partial charge in [-0.1, -0.05) is 39.8 Å². The molecule has 1 atom stereocenters. The normalized spacial score (nSPS) is 12.4. The lowest BCUT2D eigenvalue weighted by atomic mass is 10.2. The summed E-state index contributed by atoms with van der Waals surface area (Å²) < 4.78 is 4.22. The molecule has 1 N–H and O–H groups in total. The highest BCUT2D eigenvalue weighted by Crippen LogP contribution is 2.25. The molecule has 0 aliphatic heterocycles. The van der Waals surface area contributed by atoms with E-state index in [1.807, 2.05) is 53.8 Å². The number of para-hydroxylation sites is 1. The Morgan fingerprint density at radius 2 is 1.86 bits per heavy atom.